The number of hydrogen-bond donors (Lipinski definition) is 1. The van der Waals surface area contributed by atoms with Gasteiger partial charge in [-0.2, -0.15) is 0 Å². The molecule has 0 radical (unpaired) electrons. The van der Waals surface area contributed by atoms with Crippen molar-refractivity contribution in [1.29, 1.82) is 0 Å². The summed E-state index contributed by atoms with van der Waals surface area (Å²) in [6, 6.07) is 0. The summed E-state index contributed by atoms with van der Waals surface area (Å²) in [5, 5.41) is 4.30. The summed E-state index contributed by atoms with van der Waals surface area (Å²) in [6.45, 7) is 2.65. The number of nitrogens with zero attached hydrogens (tertiary/aromatic N) is 3. The van der Waals surface area contributed by atoms with E-state index in [1.165, 1.54) is 29.7 Å². The molecule has 0 unspecified atom stereocenters. The average molecular weight is 370 g/mol. The van der Waals surface area contributed by atoms with E-state index in [1.807, 2.05) is 0 Å². The van der Waals surface area contributed by atoms with Crippen LogP contribution in [0.4, 0.5) is 5.82 Å². The lowest BCUT2D eigenvalue weighted by Gasteiger charge is -2.19. The lowest BCUT2D eigenvalue weighted by molar-refractivity contribution is -0.0914. The number of ether oxygens (including phenoxy) is 2. The topological polar surface area (TPSA) is 82.3 Å². The van der Waals surface area contributed by atoms with E-state index >= 15 is 0 Å². The fraction of sp³-hybridized carbons (Fsp3) is 0.550. The number of rotatable bonds is 7. The molecular weight excluding hydrogens is 344 g/mol. The van der Waals surface area contributed by atoms with Crippen LogP contribution in [0.3, 0.4) is 0 Å². The summed E-state index contributed by atoms with van der Waals surface area (Å²) in [7, 11) is 3.22. The third kappa shape index (κ3) is 3.26. The molecule has 0 aliphatic heterocycles. The lowest BCUT2D eigenvalue weighted by atomic mass is 9.88. The standard InChI is InChI=1S/C20H26N4O3/c1-4-7-14-12-8-5-6-9-13(12)16-17-18(27-20(16)24-14)19(23-11-22-17)21-10-15(25-2)26-3/h11,15H,4-10H2,1-3H3,(H,21,22,23). The van der Waals surface area contributed by atoms with E-state index in [9.17, 15) is 0 Å². The van der Waals surface area contributed by atoms with Crippen LogP contribution in [0.25, 0.3) is 22.2 Å². The molecule has 0 aromatic carbocycles. The van der Waals surface area contributed by atoms with Gasteiger partial charge in [0, 0.05) is 19.9 Å². The van der Waals surface area contributed by atoms with Crippen LogP contribution in [0, 0.1) is 0 Å². The highest BCUT2D eigenvalue weighted by molar-refractivity contribution is 6.06. The molecule has 3 heterocycles. The van der Waals surface area contributed by atoms with Crippen molar-refractivity contribution in [2.75, 3.05) is 26.1 Å². The van der Waals surface area contributed by atoms with Gasteiger partial charge in [0.1, 0.15) is 11.8 Å². The number of anilines is 1. The lowest BCUT2D eigenvalue weighted by Crippen LogP contribution is -2.24. The molecule has 1 aliphatic carbocycles. The third-order valence-electron chi connectivity index (χ3n) is 5.26. The highest BCUT2D eigenvalue weighted by atomic mass is 16.7. The van der Waals surface area contributed by atoms with Gasteiger partial charge in [0.15, 0.2) is 17.7 Å². The Morgan fingerprint density at radius 1 is 1.15 bits per heavy atom. The first-order valence-electron chi connectivity index (χ1n) is 9.64. The molecule has 1 aliphatic rings. The molecule has 4 rings (SSSR count). The van der Waals surface area contributed by atoms with Crippen molar-refractivity contribution in [3.8, 4) is 0 Å². The number of nitrogens with one attached hydrogen (secondary N) is 1. The van der Waals surface area contributed by atoms with Crippen molar-refractivity contribution in [3.05, 3.63) is 23.1 Å². The van der Waals surface area contributed by atoms with Crippen molar-refractivity contribution in [1.82, 2.24) is 15.0 Å². The first kappa shape index (κ1) is 18.1. The minimum Gasteiger partial charge on any atom is -0.432 e. The maximum Gasteiger partial charge on any atom is 0.229 e. The molecule has 0 spiro atoms. The molecule has 7 heteroatoms. The Bertz CT molecular complexity index is 949. The van der Waals surface area contributed by atoms with Gasteiger partial charge >= 0.3 is 0 Å². The molecule has 27 heavy (non-hydrogen) atoms. The number of methoxy groups -OCH3 is 2. The molecule has 7 nitrogen and oxygen atoms in total. The zero-order valence-corrected chi connectivity index (χ0v) is 16.2. The van der Waals surface area contributed by atoms with Crippen LogP contribution in [0.5, 0.6) is 0 Å². The second kappa shape index (κ2) is 7.78. The van der Waals surface area contributed by atoms with Gasteiger partial charge in [-0.25, -0.2) is 15.0 Å². The quantitative estimate of drug-likeness (QED) is 0.636. The van der Waals surface area contributed by atoms with E-state index in [2.05, 4.69) is 22.2 Å². The number of hydrogen-bond acceptors (Lipinski definition) is 7. The molecule has 0 atom stereocenters. The Kier molecular flexibility index (Phi) is 5.22. The summed E-state index contributed by atoms with van der Waals surface area (Å²) in [5.41, 5.74) is 6.11. The molecule has 0 saturated heterocycles. The zero-order valence-electron chi connectivity index (χ0n) is 16.2. The first-order chi connectivity index (χ1) is 13.3. The molecule has 0 saturated carbocycles. The van der Waals surface area contributed by atoms with Crippen molar-refractivity contribution in [3.63, 3.8) is 0 Å². The highest BCUT2D eigenvalue weighted by Gasteiger charge is 2.24. The van der Waals surface area contributed by atoms with Gasteiger partial charge in [-0.05, 0) is 43.2 Å². The van der Waals surface area contributed by atoms with Crippen LogP contribution >= 0.6 is 0 Å². The maximum absolute atomic E-state index is 6.16. The minimum atomic E-state index is -0.360. The largest absolute Gasteiger partial charge is 0.432 e. The van der Waals surface area contributed by atoms with Crippen molar-refractivity contribution in [2.45, 2.75) is 51.7 Å². The summed E-state index contributed by atoms with van der Waals surface area (Å²) < 4.78 is 16.6. The van der Waals surface area contributed by atoms with Gasteiger partial charge in [-0.15, -0.1) is 0 Å². The summed E-state index contributed by atoms with van der Waals surface area (Å²) >= 11 is 0. The van der Waals surface area contributed by atoms with Crippen LogP contribution in [0.15, 0.2) is 10.7 Å². The summed E-state index contributed by atoms with van der Waals surface area (Å²) in [4.78, 5) is 13.8. The number of pyridine rings is 1. The molecule has 3 aromatic heterocycles. The Hall–Kier alpha value is -2.25. The Balaban J connectivity index is 1.84. The minimum absolute atomic E-state index is 0.360. The van der Waals surface area contributed by atoms with Crippen LogP contribution in [-0.2, 0) is 28.7 Å². The Morgan fingerprint density at radius 3 is 2.67 bits per heavy atom. The van der Waals surface area contributed by atoms with Gasteiger partial charge in [0.25, 0.3) is 0 Å². The van der Waals surface area contributed by atoms with E-state index in [0.717, 1.165) is 36.6 Å². The SMILES string of the molecule is CCCc1nc2oc3c(NCC(OC)OC)ncnc3c2c2c1CCCC2. The molecule has 3 aromatic rings. The summed E-state index contributed by atoms with van der Waals surface area (Å²) in [5.74, 6) is 0.638. The molecular formula is C20H26N4O3. The van der Waals surface area contributed by atoms with E-state index in [0.29, 0.717) is 23.7 Å². The van der Waals surface area contributed by atoms with Gasteiger partial charge in [-0.1, -0.05) is 13.3 Å². The normalized spacial score (nSPS) is 14.2. The number of fused-ring (bicyclic) bond motifs is 5. The van der Waals surface area contributed by atoms with Crippen molar-refractivity contribution >= 4 is 28.0 Å². The Labute approximate surface area is 158 Å². The number of aromatic nitrogens is 3. The predicted molar refractivity (Wildman–Crippen MR) is 104 cm³/mol. The number of aryl methyl sites for hydroxylation is 2. The van der Waals surface area contributed by atoms with Crippen LogP contribution in [0.1, 0.15) is 43.0 Å². The predicted octanol–water partition coefficient (Wildman–Crippen LogP) is 3.63. The molecule has 0 bridgehead atoms. The van der Waals surface area contributed by atoms with Crippen molar-refractivity contribution in [2.24, 2.45) is 0 Å². The second-order valence-corrected chi connectivity index (χ2v) is 6.94. The average Bonchev–Trinajstić information content (AvgIpc) is 3.08. The van der Waals surface area contributed by atoms with E-state index < -0.39 is 0 Å². The monoisotopic (exact) mass is 370 g/mol. The Morgan fingerprint density at radius 2 is 1.93 bits per heavy atom. The second-order valence-electron chi connectivity index (χ2n) is 6.94. The van der Waals surface area contributed by atoms with Crippen molar-refractivity contribution < 1.29 is 13.9 Å². The van der Waals surface area contributed by atoms with E-state index in [1.54, 1.807) is 20.5 Å². The van der Waals surface area contributed by atoms with Gasteiger partial charge in [0.05, 0.1) is 11.9 Å². The third-order valence-corrected chi connectivity index (χ3v) is 5.26. The molecule has 1 N–H and O–H groups in total. The maximum atomic E-state index is 6.16. The smallest absolute Gasteiger partial charge is 0.229 e. The molecule has 0 amide bonds. The fourth-order valence-electron chi connectivity index (χ4n) is 3.95. The van der Waals surface area contributed by atoms with E-state index in [-0.39, 0.29) is 6.29 Å². The molecule has 0 fully saturated rings. The zero-order chi connectivity index (χ0) is 18.8. The van der Waals surface area contributed by atoms with E-state index in [4.69, 9.17) is 18.9 Å². The van der Waals surface area contributed by atoms with Gasteiger partial charge in [0.2, 0.25) is 5.71 Å². The fourth-order valence-corrected chi connectivity index (χ4v) is 3.95. The summed E-state index contributed by atoms with van der Waals surface area (Å²) in [6.07, 6.45) is 7.85. The highest BCUT2D eigenvalue weighted by Crippen LogP contribution is 2.37. The molecule has 144 valence electrons. The van der Waals surface area contributed by atoms with Gasteiger partial charge in [-0.3, -0.25) is 0 Å². The van der Waals surface area contributed by atoms with Gasteiger partial charge < -0.3 is 19.2 Å². The first-order valence-corrected chi connectivity index (χ1v) is 9.64. The van der Waals surface area contributed by atoms with Crippen LogP contribution in [-0.4, -0.2) is 42.0 Å². The van der Waals surface area contributed by atoms with Crippen LogP contribution < -0.4 is 5.32 Å². The number of furan rings is 1. The van der Waals surface area contributed by atoms with Crippen LogP contribution in [0.2, 0.25) is 0 Å².